The Kier molecular flexibility index (Phi) is 8.82. The fourth-order valence-electron chi connectivity index (χ4n) is 4.28. The molecule has 0 radical (unpaired) electrons. The van der Waals surface area contributed by atoms with Gasteiger partial charge in [0.2, 0.25) is 0 Å². The summed E-state index contributed by atoms with van der Waals surface area (Å²) in [6.07, 6.45) is -3.71. The van der Waals surface area contributed by atoms with Crippen LogP contribution in [0.4, 0.5) is 0 Å². The molecule has 2 fully saturated rings. The van der Waals surface area contributed by atoms with Gasteiger partial charge in [0.1, 0.15) is 5.60 Å². The van der Waals surface area contributed by atoms with Crippen LogP contribution in [0, 0.1) is 17.8 Å². The van der Waals surface area contributed by atoms with Gasteiger partial charge in [-0.15, -0.1) is 0 Å². The van der Waals surface area contributed by atoms with E-state index >= 15 is 0 Å². The van der Waals surface area contributed by atoms with Crippen LogP contribution >= 0.6 is 0 Å². The third-order valence-corrected chi connectivity index (χ3v) is 6.79. The molecule has 0 aromatic rings. The Balaban J connectivity index is 2.64. The number of rotatable bonds is 5. The van der Waals surface area contributed by atoms with E-state index < -0.39 is 71.5 Å². The molecule has 0 amide bonds. The Morgan fingerprint density at radius 3 is 2.50 bits per heavy atom. The molecule has 0 aromatic heterocycles. The molecule has 2 N–H and O–H groups in total. The zero-order valence-corrected chi connectivity index (χ0v) is 20.7. The number of hydrogen-bond acceptors (Lipinski definition) is 9. The summed E-state index contributed by atoms with van der Waals surface area (Å²) in [5.41, 5.74) is -1.70. The standard InChI is InChI=1S/C25H36O9/c1-8-12(3)22(28)32-19-17-15(6)24(30)33-20(17)21(34-23(29)13(4)9-2)25(7,31)11-16(26)10-14(5)18(19)27/h8,13-14,16-17,19-21,26,31H,6,9-11H2,1-5,7H3/b12-8-/t13?,14?,16-,17?,19-,20+,21?,25-/m0/s1. The molecule has 9 heteroatoms. The summed E-state index contributed by atoms with van der Waals surface area (Å²) in [7, 11) is 0. The lowest BCUT2D eigenvalue weighted by Crippen LogP contribution is -2.57. The van der Waals surface area contributed by atoms with Crippen molar-refractivity contribution in [3.05, 3.63) is 23.8 Å². The van der Waals surface area contributed by atoms with Crippen LogP contribution in [-0.4, -0.2) is 63.9 Å². The summed E-state index contributed by atoms with van der Waals surface area (Å²) in [6.45, 7) is 13.3. The van der Waals surface area contributed by atoms with Gasteiger partial charge in [0.15, 0.2) is 24.1 Å². The Hall–Kier alpha value is -2.52. The number of aliphatic hydroxyl groups is 2. The second-order valence-corrected chi connectivity index (χ2v) is 9.64. The second-order valence-electron chi connectivity index (χ2n) is 9.64. The number of fused-ring (bicyclic) bond motifs is 1. The molecule has 2 rings (SSSR count). The van der Waals surface area contributed by atoms with E-state index in [0.717, 1.165) is 0 Å². The van der Waals surface area contributed by atoms with E-state index in [0.29, 0.717) is 6.42 Å². The Morgan fingerprint density at radius 2 is 1.94 bits per heavy atom. The van der Waals surface area contributed by atoms with Crippen LogP contribution in [0.15, 0.2) is 23.8 Å². The lowest BCUT2D eigenvalue weighted by molar-refractivity contribution is -0.199. The molecular weight excluding hydrogens is 444 g/mol. The summed E-state index contributed by atoms with van der Waals surface area (Å²) >= 11 is 0. The number of esters is 3. The van der Waals surface area contributed by atoms with Gasteiger partial charge in [0.05, 0.1) is 17.9 Å². The minimum Gasteiger partial charge on any atom is -0.455 e. The highest BCUT2D eigenvalue weighted by Crippen LogP contribution is 2.41. The van der Waals surface area contributed by atoms with Gasteiger partial charge in [-0.25, -0.2) is 9.59 Å². The fraction of sp³-hybridized carbons (Fsp3) is 0.680. The minimum absolute atomic E-state index is 0.0314. The van der Waals surface area contributed by atoms with E-state index in [-0.39, 0.29) is 24.0 Å². The average Bonchev–Trinajstić information content (AvgIpc) is 3.05. The van der Waals surface area contributed by atoms with Crippen molar-refractivity contribution in [1.82, 2.24) is 0 Å². The van der Waals surface area contributed by atoms with Gasteiger partial charge in [0.25, 0.3) is 0 Å². The molecule has 34 heavy (non-hydrogen) atoms. The topological polar surface area (TPSA) is 136 Å². The fourth-order valence-corrected chi connectivity index (χ4v) is 4.28. The molecule has 0 aromatic carbocycles. The number of ketones is 1. The van der Waals surface area contributed by atoms with E-state index in [9.17, 15) is 29.4 Å². The van der Waals surface area contributed by atoms with Crippen LogP contribution in [0.2, 0.25) is 0 Å². The number of carbonyl (C=O) groups excluding carboxylic acids is 4. The number of carbonyl (C=O) groups is 4. The van der Waals surface area contributed by atoms with Crippen molar-refractivity contribution in [3.63, 3.8) is 0 Å². The lowest BCUT2D eigenvalue weighted by atomic mass is 9.75. The van der Waals surface area contributed by atoms with Crippen molar-refractivity contribution in [1.29, 1.82) is 0 Å². The van der Waals surface area contributed by atoms with Crippen LogP contribution in [-0.2, 0) is 33.4 Å². The van der Waals surface area contributed by atoms with Gasteiger partial charge < -0.3 is 24.4 Å². The molecule has 1 aliphatic carbocycles. The van der Waals surface area contributed by atoms with Crippen molar-refractivity contribution in [3.8, 4) is 0 Å². The number of allylic oxidation sites excluding steroid dienone is 1. The maximum atomic E-state index is 13.4. The molecule has 4 unspecified atom stereocenters. The number of hydrogen-bond donors (Lipinski definition) is 2. The molecule has 1 saturated carbocycles. The monoisotopic (exact) mass is 480 g/mol. The van der Waals surface area contributed by atoms with Crippen LogP contribution < -0.4 is 0 Å². The lowest BCUT2D eigenvalue weighted by Gasteiger charge is -2.41. The molecular formula is C25H36O9. The zero-order valence-electron chi connectivity index (χ0n) is 20.7. The third kappa shape index (κ3) is 5.75. The van der Waals surface area contributed by atoms with Crippen LogP contribution in [0.1, 0.15) is 60.8 Å². The first-order valence-electron chi connectivity index (χ1n) is 11.6. The van der Waals surface area contributed by atoms with Crippen molar-refractivity contribution in [2.75, 3.05) is 0 Å². The maximum absolute atomic E-state index is 13.4. The van der Waals surface area contributed by atoms with Gasteiger partial charge in [-0.1, -0.05) is 33.4 Å². The zero-order chi connectivity index (χ0) is 26.0. The largest absolute Gasteiger partial charge is 0.455 e. The van der Waals surface area contributed by atoms with Gasteiger partial charge in [-0.3, -0.25) is 9.59 Å². The predicted molar refractivity (Wildman–Crippen MR) is 121 cm³/mol. The number of Topliss-reactive ketones (excluding diaryl/α,β-unsaturated/α-hetero) is 1. The van der Waals surface area contributed by atoms with E-state index in [4.69, 9.17) is 14.2 Å². The molecule has 0 bridgehead atoms. The van der Waals surface area contributed by atoms with E-state index in [1.807, 2.05) is 0 Å². The summed E-state index contributed by atoms with van der Waals surface area (Å²) in [5, 5.41) is 21.9. The number of aliphatic hydroxyl groups excluding tert-OH is 1. The van der Waals surface area contributed by atoms with Crippen LogP contribution in [0.3, 0.4) is 0 Å². The maximum Gasteiger partial charge on any atom is 0.334 e. The second kappa shape index (κ2) is 10.8. The normalized spacial score (nSPS) is 35.8. The minimum atomic E-state index is -1.83. The van der Waals surface area contributed by atoms with Crippen molar-refractivity contribution in [2.45, 2.75) is 90.8 Å². The predicted octanol–water partition coefficient (Wildman–Crippen LogP) is 2.03. The van der Waals surface area contributed by atoms with E-state index in [2.05, 4.69) is 6.58 Å². The molecule has 1 saturated heterocycles. The summed E-state index contributed by atoms with van der Waals surface area (Å²) < 4.78 is 16.7. The van der Waals surface area contributed by atoms with Gasteiger partial charge in [0, 0.05) is 23.5 Å². The van der Waals surface area contributed by atoms with Gasteiger partial charge in [-0.2, -0.15) is 0 Å². The summed E-state index contributed by atoms with van der Waals surface area (Å²) in [6, 6.07) is 0. The molecule has 1 heterocycles. The molecule has 0 spiro atoms. The van der Waals surface area contributed by atoms with Crippen molar-refractivity contribution >= 4 is 23.7 Å². The molecule has 1 aliphatic heterocycles. The highest BCUT2D eigenvalue weighted by Gasteiger charge is 2.57. The first-order chi connectivity index (χ1) is 15.7. The SMILES string of the molecule is C=C1C(=O)O[C@@H]2C1[C@H](OC(=O)/C(C)=C\C)C(=O)C(C)C[C@H](O)C[C@](C)(O)C2OC(=O)C(C)CC. The summed E-state index contributed by atoms with van der Waals surface area (Å²) in [4.78, 5) is 51.3. The number of ether oxygens (including phenoxy) is 3. The molecule has 8 atom stereocenters. The quantitative estimate of drug-likeness (QED) is 0.344. The first kappa shape index (κ1) is 27.7. The van der Waals surface area contributed by atoms with Gasteiger partial charge in [-0.05, 0) is 33.6 Å². The molecule has 2 aliphatic rings. The van der Waals surface area contributed by atoms with Gasteiger partial charge >= 0.3 is 17.9 Å². The highest BCUT2D eigenvalue weighted by atomic mass is 16.6. The van der Waals surface area contributed by atoms with E-state index in [1.54, 1.807) is 27.7 Å². The first-order valence-corrected chi connectivity index (χ1v) is 11.6. The molecule has 9 nitrogen and oxygen atoms in total. The van der Waals surface area contributed by atoms with Crippen LogP contribution in [0.5, 0.6) is 0 Å². The Morgan fingerprint density at radius 1 is 1.32 bits per heavy atom. The Labute approximate surface area is 200 Å². The smallest absolute Gasteiger partial charge is 0.334 e. The van der Waals surface area contributed by atoms with Crippen molar-refractivity contribution in [2.24, 2.45) is 17.8 Å². The average molecular weight is 481 g/mol. The third-order valence-electron chi connectivity index (χ3n) is 6.79. The van der Waals surface area contributed by atoms with Crippen molar-refractivity contribution < 1.29 is 43.6 Å². The highest BCUT2D eigenvalue weighted by molar-refractivity contribution is 5.96. The Bertz CT molecular complexity index is 872. The molecule has 190 valence electrons. The summed E-state index contributed by atoms with van der Waals surface area (Å²) in [5.74, 6) is -5.24. The van der Waals surface area contributed by atoms with E-state index in [1.165, 1.54) is 19.9 Å². The van der Waals surface area contributed by atoms with Crippen LogP contribution in [0.25, 0.3) is 0 Å².